The Morgan fingerprint density at radius 1 is 0.246 bits per heavy atom. The van der Waals surface area contributed by atoms with Crippen molar-refractivity contribution in [3.8, 4) is 102 Å². The maximum atomic E-state index is 6.57. The molecular formula is C102H70BBrN6O4. The Balaban J connectivity index is 0.000000114. The first kappa shape index (κ1) is 68.7. The molecule has 3 aliphatic heterocycles. The highest BCUT2D eigenvalue weighted by Gasteiger charge is 2.55. The Labute approximate surface area is 668 Å². The lowest BCUT2D eigenvalue weighted by Crippen LogP contribution is -2.41. The van der Waals surface area contributed by atoms with Gasteiger partial charge in [-0.1, -0.05) is 313 Å². The molecule has 1 saturated heterocycles. The van der Waals surface area contributed by atoms with Gasteiger partial charge in [0, 0.05) is 60.1 Å². The fourth-order valence-electron chi connectivity index (χ4n) is 17.7. The number of aromatic nitrogens is 6. The summed E-state index contributed by atoms with van der Waals surface area (Å²) >= 11 is 3.82. The summed E-state index contributed by atoms with van der Waals surface area (Å²) in [6, 6.07) is 123. The van der Waals surface area contributed by atoms with Crippen LogP contribution in [0.1, 0.15) is 72.2 Å². The molecule has 0 bridgehead atoms. The van der Waals surface area contributed by atoms with Crippen LogP contribution in [-0.4, -0.2) is 48.2 Å². The molecule has 0 N–H and O–H groups in total. The van der Waals surface area contributed by atoms with Gasteiger partial charge < -0.3 is 18.8 Å². The van der Waals surface area contributed by atoms with Crippen molar-refractivity contribution >= 4 is 71.9 Å². The summed E-state index contributed by atoms with van der Waals surface area (Å²) in [7, 11) is -0.679. The molecule has 0 amide bonds. The molecule has 1 fully saturated rings. The van der Waals surface area contributed by atoms with Gasteiger partial charge >= 0.3 is 7.12 Å². The van der Waals surface area contributed by atoms with Crippen LogP contribution in [-0.2, 0) is 20.1 Å². The Morgan fingerprint density at radius 3 is 0.912 bits per heavy atom. The minimum absolute atomic E-state index is 0.360. The highest BCUT2D eigenvalue weighted by atomic mass is 79.9. The van der Waals surface area contributed by atoms with Gasteiger partial charge in [-0.15, -0.1) is 0 Å². The Kier molecular flexibility index (Phi) is 16.2. The van der Waals surface area contributed by atoms with E-state index in [1.807, 2.05) is 76.2 Å². The molecule has 2 spiro atoms. The highest BCUT2D eigenvalue weighted by molar-refractivity contribution is 9.10. The molecule has 5 aliphatic rings. The fraction of sp³-hybridized carbons (Fsp3) is 0.0784. The van der Waals surface area contributed by atoms with Crippen LogP contribution in [0.2, 0.25) is 0 Å². The van der Waals surface area contributed by atoms with Crippen molar-refractivity contribution in [3.05, 3.63) is 401 Å². The number of para-hydroxylation sites is 4. The van der Waals surface area contributed by atoms with E-state index in [0.29, 0.717) is 34.8 Å². The van der Waals surface area contributed by atoms with E-state index in [2.05, 4.69) is 319 Å². The van der Waals surface area contributed by atoms with Gasteiger partial charge in [-0.3, -0.25) is 0 Å². The maximum absolute atomic E-state index is 6.57. The molecule has 18 aromatic rings. The molecular weight excluding hydrogens is 1460 g/mol. The van der Waals surface area contributed by atoms with Crippen LogP contribution in [0.15, 0.2) is 356 Å². The molecule has 0 saturated carbocycles. The van der Waals surface area contributed by atoms with Gasteiger partial charge in [0.05, 0.1) is 22.0 Å². The first-order valence-electron chi connectivity index (χ1n) is 38.6. The van der Waals surface area contributed by atoms with Gasteiger partial charge in [0.15, 0.2) is 34.8 Å². The van der Waals surface area contributed by atoms with E-state index in [9.17, 15) is 0 Å². The number of benzene rings is 16. The van der Waals surface area contributed by atoms with Crippen LogP contribution >= 0.6 is 15.9 Å². The molecule has 542 valence electrons. The summed E-state index contributed by atoms with van der Waals surface area (Å²) < 4.78 is 26.6. The van der Waals surface area contributed by atoms with Crippen molar-refractivity contribution in [1.82, 2.24) is 29.9 Å². The number of ether oxygens (including phenoxy) is 2. The van der Waals surface area contributed by atoms with Gasteiger partial charge in [0.1, 0.15) is 23.0 Å². The molecule has 0 radical (unpaired) electrons. The molecule has 2 aromatic heterocycles. The lowest BCUT2D eigenvalue weighted by molar-refractivity contribution is 0.00578. The number of hydrogen-bond donors (Lipinski definition) is 0. The summed E-state index contributed by atoms with van der Waals surface area (Å²) in [4.78, 5) is 30.3. The first-order chi connectivity index (χ1) is 55.9. The highest BCUT2D eigenvalue weighted by Crippen LogP contribution is 2.65. The monoisotopic (exact) mass is 1530 g/mol. The molecule has 0 atom stereocenters. The second-order valence-corrected chi connectivity index (χ2v) is 31.5. The average Bonchev–Trinajstić information content (AvgIpc) is 1.50. The van der Waals surface area contributed by atoms with E-state index in [4.69, 9.17) is 48.7 Å². The van der Waals surface area contributed by atoms with E-state index in [1.54, 1.807) is 0 Å². The first-order valence-corrected chi connectivity index (χ1v) is 39.4. The topological polar surface area (TPSA) is 114 Å². The van der Waals surface area contributed by atoms with Gasteiger partial charge in [-0.05, 0) is 164 Å². The van der Waals surface area contributed by atoms with Gasteiger partial charge in [0.25, 0.3) is 0 Å². The average molecular weight is 1530 g/mol. The van der Waals surface area contributed by atoms with Gasteiger partial charge in [-0.25, -0.2) is 29.9 Å². The van der Waals surface area contributed by atoms with Crippen LogP contribution in [0.5, 0.6) is 23.0 Å². The van der Waals surface area contributed by atoms with Crippen LogP contribution in [0.4, 0.5) is 0 Å². The van der Waals surface area contributed by atoms with E-state index in [1.165, 1.54) is 71.6 Å². The Morgan fingerprint density at radius 2 is 0.526 bits per heavy atom. The second kappa shape index (κ2) is 27.0. The van der Waals surface area contributed by atoms with Crippen LogP contribution in [0, 0.1) is 0 Å². The number of rotatable bonds is 6. The predicted molar refractivity (Wildman–Crippen MR) is 461 cm³/mol. The zero-order valence-electron chi connectivity index (χ0n) is 62.8. The Hall–Kier alpha value is -13.4. The number of nitrogens with zero attached hydrogens (tertiary/aromatic N) is 6. The van der Waals surface area contributed by atoms with E-state index in [-0.39, 0.29) is 5.41 Å². The van der Waals surface area contributed by atoms with Crippen molar-refractivity contribution in [2.24, 2.45) is 0 Å². The summed E-state index contributed by atoms with van der Waals surface area (Å²) in [5.74, 6) is 6.70. The third-order valence-electron chi connectivity index (χ3n) is 23.7. The van der Waals surface area contributed by atoms with E-state index >= 15 is 0 Å². The van der Waals surface area contributed by atoms with Crippen molar-refractivity contribution in [2.45, 2.75) is 49.7 Å². The molecule has 12 heteroatoms. The van der Waals surface area contributed by atoms with Gasteiger partial charge in [0.2, 0.25) is 0 Å². The molecule has 16 aromatic carbocycles. The minimum atomic E-state index is -0.679. The Bertz CT molecular complexity index is 6680. The molecule has 23 rings (SSSR count). The summed E-state index contributed by atoms with van der Waals surface area (Å²) in [5, 5.41) is 9.25. The smallest absolute Gasteiger partial charge is 0.457 e. The largest absolute Gasteiger partial charge is 0.534 e. The molecule has 5 heterocycles. The van der Waals surface area contributed by atoms with Crippen molar-refractivity contribution < 1.29 is 18.8 Å². The quantitative estimate of drug-likeness (QED) is 0.149. The van der Waals surface area contributed by atoms with Crippen LogP contribution in [0.3, 0.4) is 0 Å². The van der Waals surface area contributed by atoms with Crippen LogP contribution in [0.25, 0.3) is 122 Å². The molecule has 114 heavy (non-hydrogen) atoms. The SMILES string of the molecule is Brc1cccc2c1-c1ccccc1C21c2ccccc2Oc2ccccc21.CC1(C)OB(c2nc(-c3ccc4ccccc4c3)nc(-c3ccc4ccccc4c3)n2)OC1(C)C.c1ccc2c(c1)Oc1ccccc1C21c2ccccc2-c2c(-c3nc(-c4ccc5ccccc5c4)nc(-c4ccc5ccccc5c4)n3)cccc21. The summed E-state index contributed by atoms with van der Waals surface area (Å²) in [6.45, 7) is 8.12. The fourth-order valence-corrected chi connectivity index (χ4v) is 18.3. The minimum Gasteiger partial charge on any atom is -0.457 e. The van der Waals surface area contributed by atoms with E-state index < -0.39 is 23.7 Å². The second-order valence-electron chi connectivity index (χ2n) is 30.7. The molecule has 0 unspecified atom stereocenters. The van der Waals surface area contributed by atoms with E-state index in [0.717, 1.165) is 93.5 Å². The van der Waals surface area contributed by atoms with Crippen LogP contribution < -0.4 is 15.2 Å². The zero-order chi connectivity index (χ0) is 76.4. The molecule has 10 nitrogen and oxygen atoms in total. The van der Waals surface area contributed by atoms with Gasteiger partial charge in [-0.2, -0.15) is 0 Å². The maximum Gasteiger partial charge on any atom is 0.534 e. The zero-order valence-corrected chi connectivity index (χ0v) is 64.3. The number of fused-ring (bicyclic) bond motifs is 22. The standard InChI is InChI=1S/C48H29N3O.C29H26BN3O2.C25H15BrO/c1-3-14-32-28-34(26-24-30(32)12-1)45-49-46(35-27-25-31-13-2-4-15-33(31)29-35)51-47(50-45)37-17-11-21-41-44(37)36-16-5-6-18-38(36)48(41)39-19-7-9-22-42(39)52-43-23-10-8-20-40(43)48;1-28(2)29(3,4)35-30(34-28)27-32-25(23-15-13-19-9-5-7-11-21(19)17-23)31-26(33-27)24-16-14-20-10-6-8-12-22(20)18-24;26-21-13-7-12-20-24(21)16-8-1-2-9-17(16)25(20)18-10-3-5-14-22(18)27-23-15-6-4-11-19(23)25/h1-29H;5-18H,1-4H3;1-15H. The molecule has 2 aliphatic carbocycles. The lowest BCUT2D eigenvalue weighted by Gasteiger charge is -2.39. The van der Waals surface area contributed by atoms with Crippen molar-refractivity contribution in [1.29, 1.82) is 0 Å². The number of hydrogen-bond acceptors (Lipinski definition) is 10. The van der Waals surface area contributed by atoms with Crippen molar-refractivity contribution in [2.75, 3.05) is 0 Å². The van der Waals surface area contributed by atoms with Crippen molar-refractivity contribution in [3.63, 3.8) is 0 Å². The lowest BCUT2D eigenvalue weighted by atomic mass is 9.66. The third-order valence-corrected chi connectivity index (χ3v) is 24.4. The normalized spacial score (nSPS) is 14.7. The third kappa shape index (κ3) is 11.1. The summed E-state index contributed by atoms with van der Waals surface area (Å²) in [6.07, 6.45) is 0. The predicted octanol–water partition coefficient (Wildman–Crippen LogP) is 24.4. The number of halogens is 1. The summed E-state index contributed by atoms with van der Waals surface area (Å²) in [5.41, 5.74) is 17.8.